The number of amides is 2. The first kappa shape index (κ1) is 25.8. The molecule has 2 aliphatic rings. The van der Waals surface area contributed by atoms with Crippen LogP contribution in [0.5, 0.6) is 0 Å². The van der Waals surface area contributed by atoms with Crippen LogP contribution in [0.3, 0.4) is 0 Å². The molecule has 0 fully saturated rings. The lowest BCUT2D eigenvalue weighted by atomic mass is 10.2. The van der Waals surface area contributed by atoms with E-state index in [1.54, 1.807) is 24.3 Å². The molecule has 2 amide bonds. The molecule has 10 heteroatoms. The summed E-state index contributed by atoms with van der Waals surface area (Å²) >= 11 is 0. The largest absolute Gasteiger partial charge is 0.445 e. The third-order valence-corrected chi connectivity index (χ3v) is 9.99. The highest BCUT2D eigenvalue weighted by atomic mass is 33.1. The highest BCUT2D eigenvalue weighted by molar-refractivity contribution is 8.72. The maximum Gasteiger partial charge on any atom is 0.407 e. The van der Waals surface area contributed by atoms with Crippen LogP contribution in [0.15, 0.2) is 85.0 Å². The van der Waals surface area contributed by atoms with Crippen LogP contribution in [0.1, 0.15) is 24.0 Å². The lowest BCUT2D eigenvalue weighted by molar-refractivity contribution is 0.136. The van der Waals surface area contributed by atoms with E-state index < -0.39 is 32.3 Å². The zero-order valence-electron chi connectivity index (χ0n) is 19.5. The van der Waals surface area contributed by atoms with Gasteiger partial charge in [0.15, 0.2) is 0 Å². The van der Waals surface area contributed by atoms with Crippen molar-refractivity contribution >= 4 is 31.8 Å². The van der Waals surface area contributed by atoms with Gasteiger partial charge in [-0.05, 0) is 34.8 Å². The smallest absolute Gasteiger partial charge is 0.407 e. The van der Waals surface area contributed by atoms with E-state index in [9.17, 15) is 18.0 Å². The molecule has 2 N–H and O–H groups in total. The van der Waals surface area contributed by atoms with E-state index in [4.69, 9.17) is 9.47 Å². The molecule has 0 saturated heterocycles. The van der Waals surface area contributed by atoms with E-state index >= 15 is 0 Å². The van der Waals surface area contributed by atoms with Gasteiger partial charge in [-0.15, -0.1) is 0 Å². The fourth-order valence-electron chi connectivity index (χ4n) is 3.91. The summed E-state index contributed by atoms with van der Waals surface area (Å²) in [7, 11) is -2.65. The van der Waals surface area contributed by atoms with Gasteiger partial charge < -0.3 is 20.1 Å². The molecular weight excluding hydrogens is 500 g/mol. The standard InChI is InChI=1S/C26H28N2O6S2/c29-25(33-17-19-7-3-1-4-8-19)27-21-11-13-23(15-21)35-36(31,32)24-14-12-22(16-24)28-26(30)34-18-20-9-5-2-6-10-20/h1-14,21-24H,15-18H2,(H,27,29)(H,28,30)/t21-,22-,23+,24+/m1/s1. The molecule has 0 heterocycles. The number of hydrogen-bond donors (Lipinski definition) is 2. The molecule has 0 bridgehead atoms. The topological polar surface area (TPSA) is 111 Å². The molecule has 190 valence electrons. The Balaban J connectivity index is 1.17. The van der Waals surface area contributed by atoms with Gasteiger partial charge in [-0.3, -0.25) is 0 Å². The van der Waals surface area contributed by atoms with Crippen molar-refractivity contribution < 1.29 is 27.5 Å². The highest BCUT2D eigenvalue weighted by Gasteiger charge is 2.35. The summed E-state index contributed by atoms with van der Waals surface area (Å²) in [5.41, 5.74) is 1.75. The highest BCUT2D eigenvalue weighted by Crippen LogP contribution is 2.34. The summed E-state index contributed by atoms with van der Waals surface area (Å²) in [4.78, 5) is 24.2. The first-order valence-electron chi connectivity index (χ1n) is 11.6. The molecule has 0 aliphatic heterocycles. The second-order valence-electron chi connectivity index (χ2n) is 8.53. The van der Waals surface area contributed by atoms with E-state index in [1.807, 2.05) is 60.7 Å². The fourth-order valence-corrected chi connectivity index (χ4v) is 7.88. The molecule has 2 aromatic rings. The van der Waals surface area contributed by atoms with Gasteiger partial charge in [0.2, 0.25) is 8.87 Å². The average Bonchev–Trinajstić information content (AvgIpc) is 3.52. The molecule has 8 nitrogen and oxygen atoms in total. The van der Waals surface area contributed by atoms with E-state index in [2.05, 4.69) is 10.6 Å². The fraction of sp³-hybridized carbons (Fsp3) is 0.308. The summed E-state index contributed by atoms with van der Waals surface area (Å²) in [6.45, 7) is 0.308. The number of hydrogen-bond acceptors (Lipinski definition) is 7. The minimum atomic E-state index is -3.52. The SMILES string of the molecule is O=C(N[C@@H]1C=C[C@H](SS(=O)(=O)[C@H]2C=C[C@@H](NC(=O)OCc3ccccc3)C2)C1)OCc1ccccc1. The lowest BCUT2D eigenvalue weighted by Crippen LogP contribution is -2.34. The van der Waals surface area contributed by atoms with Crippen LogP contribution in [0, 0.1) is 0 Å². The van der Waals surface area contributed by atoms with Gasteiger partial charge >= 0.3 is 12.2 Å². The second-order valence-corrected chi connectivity index (χ2v) is 12.9. The Morgan fingerprint density at radius 1 is 0.750 bits per heavy atom. The summed E-state index contributed by atoms with van der Waals surface area (Å²) in [6.07, 6.45) is 6.44. The molecule has 2 aliphatic carbocycles. The molecule has 2 aromatic carbocycles. The maximum absolute atomic E-state index is 12.9. The Morgan fingerprint density at radius 2 is 1.25 bits per heavy atom. The summed E-state index contributed by atoms with van der Waals surface area (Å²) in [5, 5.41) is 4.46. The van der Waals surface area contributed by atoms with E-state index in [0.717, 1.165) is 21.9 Å². The van der Waals surface area contributed by atoms with Gasteiger partial charge in [0.1, 0.15) is 13.2 Å². The summed E-state index contributed by atoms with van der Waals surface area (Å²) < 4.78 is 36.3. The molecule has 36 heavy (non-hydrogen) atoms. The van der Waals surface area contributed by atoms with Crippen LogP contribution in [0.25, 0.3) is 0 Å². The zero-order valence-corrected chi connectivity index (χ0v) is 21.1. The summed E-state index contributed by atoms with van der Waals surface area (Å²) in [6, 6.07) is 18.0. The maximum atomic E-state index is 12.9. The van der Waals surface area contributed by atoms with Crippen molar-refractivity contribution in [3.05, 3.63) is 96.1 Å². The monoisotopic (exact) mass is 528 g/mol. The Kier molecular flexibility index (Phi) is 8.71. The number of carbonyl (C=O) groups is 2. The molecule has 0 radical (unpaired) electrons. The van der Waals surface area contributed by atoms with E-state index in [0.29, 0.717) is 6.42 Å². The quantitative estimate of drug-likeness (QED) is 0.369. The van der Waals surface area contributed by atoms with Gasteiger partial charge in [0, 0.05) is 5.25 Å². The van der Waals surface area contributed by atoms with Crippen LogP contribution in [0.4, 0.5) is 9.59 Å². The van der Waals surface area contributed by atoms with Crippen LogP contribution < -0.4 is 10.6 Å². The molecule has 4 rings (SSSR count). The first-order valence-corrected chi connectivity index (χ1v) is 14.5. The van der Waals surface area contributed by atoms with Crippen molar-refractivity contribution in [3.8, 4) is 0 Å². The normalized spacial score (nSPS) is 22.8. The van der Waals surface area contributed by atoms with E-state index in [1.165, 1.54) is 0 Å². The van der Waals surface area contributed by atoms with Gasteiger partial charge in [-0.1, -0.05) is 85.0 Å². The first-order chi connectivity index (χ1) is 17.4. The number of carbonyl (C=O) groups excluding carboxylic acids is 2. The van der Waals surface area contributed by atoms with Crippen LogP contribution in [-0.2, 0) is 31.6 Å². The molecule has 0 aromatic heterocycles. The Hall–Kier alpha value is -3.24. The third kappa shape index (κ3) is 7.63. The van der Waals surface area contributed by atoms with Crippen molar-refractivity contribution in [2.75, 3.05) is 0 Å². The number of ether oxygens (including phenoxy) is 2. The van der Waals surface area contributed by atoms with Crippen molar-refractivity contribution in [1.29, 1.82) is 0 Å². The van der Waals surface area contributed by atoms with Crippen LogP contribution in [-0.4, -0.2) is 43.2 Å². The third-order valence-electron chi connectivity index (χ3n) is 5.75. The Labute approximate surface area is 214 Å². The minimum Gasteiger partial charge on any atom is -0.445 e. The number of benzene rings is 2. The number of rotatable bonds is 9. The van der Waals surface area contributed by atoms with Gasteiger partial charge in [-0.25, -0.2) is 18.0 Å². The Morgan fingerprint density at radius 3 is 1.81 bits per heavy atom. The molecule has 0 unspecified atom stereocenters. The zero-order chi connectivity index (χ0) is 25.4. The summed E-state index contributed by atoms with van der Waals surface area (Å²) in [5.74, 6) is 0. The second kappa shape index (κ2) is 12.1. The van der Waals surface area contributed by atoms with Gasteiger partial charge in [-0.2, -0.15) is 0 Å². The van der Waals surface area contributed by atoms with Gasteiger partial charge in [0.25, 0.3) is 0 Å². The van der Waals surface area contributed by atoms with Crippen molar-refractivity contribution in [3.63, 3.8) is 0 Å². The van der Waals surface area contributed by atoms with Crippen molar-refractivity contribution in [2.45, 2.75) is 48.6 Å². The average molecular weight is 529 g/mol. The number of alkyl carbamates (subject to hydrolysis) is 2. The molecular formula is C26H28N2O6S2. The van der Waals surface area contributed by atoms with Crippen molar-refractivity contribution in [1.82, 2.24) is 10.6 Å². The molecule has 0 saturated carbocycles. The van der Waals surface area contributed by atoms with E-state index in [-0.39, 0.29) is 30.9 Å². The van der Waals surface area contributed by atoms with Crippen LogP contribution >= 0.6 is 10.8 Å². The minimum absolute atomic E-state index is 0.143. The predicted octanol–water partition coefficient (Wildman–Crippen LogP) is 4.30. The molecule has 4 atom stereocenters. The van der Waals surface area contributed by atoms with Gasteiger partial charge in [0.05, 0.1) is 17.3 Å². The Bertz CT molecular complexity index is 1200. The number of nitrogens with one attached hydrogen (secondary N) is 2. The predicted molar refractivity (Wildman–Crippen MR) is 139 cm³/mol. The van der Waals surface area contributed by atoms with Crippen molar-refractivity contribution in [2.24, 2.45) is 0 Å². The van der Waals surface area contributed by atoms with Crippen LogP contribution in [0.2, 0.25) is 0 Å². The molecule has 0 spiro atoms. The lowest BCUT2D eigenvalue weighted by Gasteiger charge is -2.17.